The summed E-state index contributed by atoms with van der Waals surface area (Å²) in [5.74, 6) is 0.169. The number of anilines is 2. The second kappa shape index (κ2) is 7.79. The first-order valence-electron chi connectivity index (χ1n) is 7.63. The number of halogens is 3. The second-order valence-electron chi connectivity index (χ2n) is 5.85. The molecule has 4 rings (SSSR count). The highest BCUT2D eigenvalue weighted by Crippen LogP contribution is 2.34. The normalized spacial score (nSPS) is 16.9. The van der Waals surface area contributed by atoms with Crippen molar-refractivity contribution in [2.24, 2.45) is 0 Å². The first-order valence-corrected chi connectivity index (χ1v) is 8.01. The molecule has 26 heavy (non-hydrogen) atoms. The Bertz CT molecular complexity index is 868. The number of hydrogen-bond acceptors (Lipinski definition) is 6. The highest BCUT2D eigenvalue weighted by atomic mass is 35.5. The van der Waals surface area contributed by atoms with Gasteiger partial charge in [-0.25, -0.2) is 9.97 Å². The summed E-state index contributed by atoms with van der Waals surface area (Å²) < 4.78 is 1.50. The fourth-order valence-electron chi connectivity index (χ4n) is 3.31. The van der Waals surface area contributed by atoms with Crippen molar-refractivity contribution in [3.63, 3.8) is 0 Å². The maximum absolute atomic E-state index is 13.0. The maximum atomic E-state index is 13.0. The van der Waals surface area contributed by atoms with Crippen LogP contribution in [0.5, 0.6) is 0 Å². The van der Waals surface area contributed by atoms with Gasteiger partial charge in [-0.1, -0.05) is 11.6 Å². The number of nitrogens with one attached hydrogen (secondary N) is 3. The van der Waals surface area contributed by atoms with Gasteiger partial charge in [-0.15, -0.1) is 24.8 Å². The molecule has 140 valence electrons. The number of aromatic nitrogens is 3. The van der Waals surface area contributed by atoms with Crippen LogP contribution < -0.4 is 21.5 Å². The summed E-state index contributed by atoms with van der Waals surface area (Å²) in [5, 5.41) is 9.38. The Morgan fingerprint density at radius 2 is 1.96 bits per heavy atom. The van der Waals surface area contributed by atoms with Crippen LogP contribution in [-0.2, 0) is 5.66 Å². The average molecular weight is 420 g/mol. The zero-order chi connectivity index (χ0) is 16.7. The van der Waals surface area contributed by atoms with Gasteiger partial charge in [0.2, 0.25) is 0 Å². The molecule has 0 saturated carbocycles. The van der Waals surface area contributed by atoms with Crippen LogP contribution >= 0.6 is 36.4 Å². The lowest BCUT2D eigenvalue weighted by Gasteiger charge is -2.35. The number of hydrogen-bond donors (Lipinski definition) is 3. The minimum absolute atomic E-state index is 0. The van der Waals surface area contributed by atoms with Crippen molar-refractivity contribution in [3.8, 4) is 0 Å². The predicted octanol–water partition coefficient (Wildman–Crippen LogP) is 1.66. The Labute approximate surface area is 166 Å². The van der Waals surface area contributed by atoms with Crippen LogP contribution in [0.15, 0.2) is 29.5 Å². The number of amides is 1. The average Bonchev–Trinajstić information content (AvgIpc) is 2.86. The molecule has 3 N–H and O–H groups in total. The zero-order valence-electron chi connectivity index (χ0n) is 13.5. The quantitative estimate of drug-likeness (QED) is 0.684. The molecular formula is C15H17Cl3N6O2. The van der Waals surface area contributed by atoms with E-state index in [0.29, 0.717) is 31.7 Å². The molecule has 1 saturated heterocycles. The van der Waals surface area contributed by atoms with E-state index in [1.807, 2.05) is 0 Å². The largest absolute Gasteiger partial charge is 0.336 e. The topological polar surface area (TPSA) is 101 Å². The van der Waals surface area contributed by atoms with Crippen LogP contribution in [-0.4, -0.2) is 33.5 Å². The summed E-state index contributed by atoms with van der Waals surface area (Å²) in [5.41, 5.74) is -0.524. The highest BCUT2D eigenvalue weighted by molar-refractivity contribution is 6.34. The van der Waals surface area contributed by atoms with Gasteiger partial charge in [0.05, 0.1) is 5.02 Å². The number of carbonyl (C=O) groups excluding carboxylic acids is 1. The number of fused-ring (bicyclic) bond motifs is 2. The molecule has 1 amide bonds. The molecule has 1 spiro atoms. The summed E-state index contributed by atoms with van der Waals surface area (Å²) in [4.78, 5) is 33.3. The second-order valence-corrected chi connectivity index (χ2v) is 6.26. The molecule has 2 aromatic rings. The van der Waals surface area contributed by atoms with Gasteiger partial charge in [0, 0.05) is 19.0 Å². The van der Waals surface area contributed by atoms with E-state index in [-0.39, 0.29) is 52.7 Å². The van der Waals surface area contributed by atoms with Crippen LogP contribution in [0, 0.1) is 0 Å². The van der Waals surface area contributed by atoms with Gasteiger partial charge in [-0.3, -0.25) is 14.2 Å². The van der Waals surface area contributed by atoms with Crippen molar-refractivity contribution in [3.05, 3.63) is 45.7 Å². The number of carbonyl (C=O) groups is 1. The minimum Gasteiger partial charge on any atom is -0.336 e. The molecule has 11 heteroatoms. The number of nitrogens with zero attached hydrogens (tertiary/aromatic N) is 3. The lowest BCUT2D eigenvalue weighted by molar-refractivity contribution is 0.0886. The summed E-state index contributed by atoms with van der Waals surface area (Å²) >= 11 is 6.30. The molecule has 8 nitrogen and oxygen atoms in total. The summed E-state index contributed by atoms with van der Waals surface area (Å²) in [7, 11) is 0. The minimum atomic E-state index is -0.720. The number of pyridine rings is 1. The van der Waals surface area contributed by atoms with E-state index in [1.54, 1.807) is 12.3 Å². The summed E-state index contributed by atoms with van der Waals surface area (Å²) in [6.45, 7) is 1.43. The van der Waals surface area contributed by atoms with Crippen molar-refractivity contribution >= 4 is 53.8 Å². The molecule has 0 unspecified atom stereocenters. The Hall–Kier alpha value is -1.87. The molecule has 2 aliphatic rings. The number of piperidine rings is 1. The SMILES string of the molecule is Cl.Cl.O=C1NC2(CCNCC2)n2c1c(Cl)cc(Nc1ccncn1)c2=O. The zero-order valence-corrected chi connectivity index (χ0v) is 15.9. The van der Waals surface area contributed by atoms with Gasteiger partial charge in [-0.2, -0.15) is 0 Å². The monoisotopic (exact) mass is 418 g/mol. The first-order chi connectivity index (χ1) is 11.6. The van der Waals surface area contributed by atoms with Gasteiger partial charge in [-0.05, 0) is 25.2 Å². The Balaban J connectivity index is 0.00000121. The van der Waals surface area contributed by atoms with E-state index in [9.17, 15) is 9.59 Å². The fourth-order valence-corrected chi connectivity index (χ4v) is 3.59. The lowest BCUT2D eigenvalue weighted by atomic mass is 9.98. The van der Waals surface area contributed by atoms with Crippen molar-refractivity contribution in [2.45, 2.75) is 18.5 Å². The van der Waals surface area contributed by atoms with E-state index < -0.39 is 5.66 Å². The molecule has 0 aliphatic carbocycles. The molecule has 0 bridgehead atoms. The third-order valence-electron chi connectivity index (χ3n) is 4.42. The molecule has 0 radical (unpaired) electrons. The molecule has 0 aromatic carbocycles. The standard InChI is InChI=1S/C15H15ClN6O2.2ClH/c16-9-7-10(20-11-1-4-18-8-19-11)14(24)22-12(9)13(23)21-15(22)2-5-17-6-3-15;;/h1,4,7-8,17H,2-3,5-6H2,(H,21,23)(H,18,19,20);2*1H. The van der Waals surface area contributed by atoms with E-state index in [1.165, 1.54) is 17.0 Å². The Morgan fingerprint density at radius 1 is 1.23 bits per heavy atom. The molecule has 1 fully saturated rings. The summed E-state index contributed by atoms with van der Waals surface area (Å²) in [6.07, 6.45) is 4.20. The van der Waals surface area contributed by atoms with Gasteiger partial charge in [0.25, 0.3) is 11.5 Å². The van der Waals surface area contributed by atoms with Gasteiger partial charge in [0.1, 0.15) is 29.2 Å². The van der Waals surface area contributed by atoms with E-state index in [2.05, 4.69) is 25.9 Å². The van der Waals surface area contributed by atoms with Gasteiger partial charge in [0.15, 0.2) is 0 Å². The number of rotatable bonds is 2. The van der Waals surface area contributed by atoms with Crippen LogP contribution in [0.4, 0.5) is 11.5 Å². The van der Waals surface area contributed by atoms with Crippen LogP contribution in [0.3, 0.4) is 0 Å². The third-order valence-corrected chi connectivity index (χ3v) is 4.71. The van der Waals surface area contributed by atoms with Crippen molar-refractivity contribution in [2.75, 3.05) is 18.4 Å². The van der Waals surface area contributed by atoms with E-state index >= 15 is 0 Å². The molecule has 2 aliphatic heterocycles. The van der Waals surface area contributed by atoms with Crippen LogP contribution in [0.2, 0.25) is 5.02 Å². The third kappa shape index (κ3) is 3.25. The van der Waals surface area contributed by atoms with Crippen LogP contribution in [0.1, 0.15) is 23.3 Å². The molecule has 4 heterocycles. The lowest BCUT2D eigenvalue weighted by Crippen LogP contribution is -2.53. The smallest absolute Gasteiger partial charge is 0.276 e. The Morgan fingerprint density at radius 3 is 2.62 bits per heavy atom. The van der Waals surface area contributed by atoms with Crippen molar-refractivity contribution in [1.29, 1.82) is 0 Å². The molecular weight excluding hydrogens is 403 g/mol. The predicted molar refractivity (Wildman–Crippen MR) is 103 cm³/mol. The molecule has 0 atom stereocenters. The first kappa shape index (κ1) is 20.4. The maximum Gasteiger partial charge on any atom is 0.276 e. The van der Waals surface area contributed by atoms with Crippen molar-refractivity contribution < 1.29 is 4.79 Å². The van der Waals surface area contributed by atoms with Gasteiger partial charge >= 0.3 is 0 Å². The van der Waals surface area contributed by atoms with Gasteiger partial charge < -0.3 is 16.0 Å². The highest BCUT2D eigenvalue weighted by Gasteiger charge is 2.45. The Kier molecular flexibility index (Phi) is 6.13. The van der Waals surface area contributed by atoms with Crippen molar-refractivity contribution in [1.82, 2.24) is 25.2 Å². The summed E-state index contributed by atoms with van der Waals surface area (Å²) in [6, 6.07) is 3.12. The fraction of sp³-hybridized carbons (Fsp3) is 0.333. The molecule has 2 aromatic heterocycles. The van der Waals surface area contributed by atoms with E-state index in [4.69, 9.17) is 11.6 Å². The van der Waals surface area contributed by atoms with Crippen LogP contribution in [0.25, 0.3) is 0 Å². The van der Waals surface area contributed by atoms with E-state index in [0.717, 1.165) is 0 Å².